The number of alkyl halides is 5. The second-order valence-corrected chi connectivity index (χ2v) is 23.1. The Bertz CT molecular complexity index is 2880. The molecule has 2 aromatic carbocycles. The van der Waals surface area contributed by atoms with Crippen molar-refractivity contribution in [1.29, 1.82) is 0 Å². The molecular formula is C58H68F7N7O8. The van der Waals surface area contributed by atoms with Crippen molar-refractivity contribution in [3.8, 4) is 23.1 Å². The Morgan fingerprint density at radius 3 is 2.00 bits per heavy atom. The summed E-state index contributed by atoms with van der Waals surface area (Å²) in [5, 5.41) is 16.9. The molecular weight excluding hydrogens is 1060 g/mol. The molecule has 4 aliphatic rings. The summed E-state index contributed by atoms with van der Waals surface area (Å²) in [6, 6.07) is 14.8. The number of hydrazine groups is 1. The smallest absolute Gasteiger partial charge is 0.394 e. The van der Waals surface area contributed by atoms with Gasteiger partial charge in [-0.1, -0.05) is 58.6 Å². The van der Waals surface area contributed by atoms with Crippen LogP contribution >= 0.6 is 0 Å². The number of esters is 2. The number of pyridine rings is 1. The van der Waals surface area contributed by atoms with Crippen LogP contribution < -0.4 is 10.3 Å². The van der Waals surface area contributed by atoms with Crippen LogP contribution in [0.15, 0.2) is 67.0 Å². The van der Waals surface area contributed by atoms with Gasteiger partial charge in [-0.15, -0.1) is 0 Å². The minimum absolute atomic E-state index is 0.171. The van der Waals surface area contributed by atoms with Crippen LogP contribution in [0.25, 0.3) is 11.3 Å². The number of carbonyl (C=O) groups excluding carboxylic acids is 4. The number of benzene rings is 2. The first-order valence-electron chi connectivity index (χ1n) is 26.9. The van der Waals surface area contributed by atoms with E-state index in [1.165, 1.54) is 0 Å². The lowest BCUT2D eigenvalue weighted by Crippen LogP contribution is -2.62. The van der Waals surface area contributed by atoms with Crippen molar-refractivity contribution in [1.82, 2.24) is 30.1 Å². The van der Waals surface area contributed by atoms with E-state index < -0.39 is 121 Å². The Balaban J connectivity index is 1.06. The quantitative estimate of drug-likeness (QED) is 0.0333. The summed E-state index contributed by atoms with van der Waals surface area (Å²) in [6.45, 7) is 5.43. The largest absolute Gasteiger partial charge is 0.469 e. The second-order valence-electron chi connectivity index (χ2n) is 23.1. The van der Waals surface area contributed by atoms with E-state index in [2.05, 4.69) is 32.2 Å². The van der Waals surface area contributed by atoms with Crippen molar-refractivity contribution in [3.05, 3.63) is 101 Å². The third-order valence-electron chi connectivity index (χ3n) is 15.9. The molecule has 15 nitrogen and oxygen atoms in total. The van der Waals surface area contributed by atoms with Gasteiger partial charge >= 0.3 is 24.7 Å². The van der Waals surface area contributed by atoms with Crippen LogP contribution in [-0.2, 0) is 46.4 Å². The molecule has 3 saturated heterocycles. The van der Waals surface area contributed by atoms with E-state index in [1.54, 1.807) is 51.2 Å². The number of methoxy groups -OCH3 is 1. The predicted octanol–water partition coefficient (Wildman–Crippen LogP) is 8.61. The highest BCUT2D eigenvalue weighted by Crippen LogP contribution is 2.46. The van der Waals surface area contributed by atoms with Crippen molar-refractivity contribution in [2.45, 2.75) is 136 Å². The maximum atomic E-state index is 16.2. The summed E-state index contributed by atoms with van der Waals surface area (Å²) >= 11 is 0. The number of hydrogen-bond donors (Lipinski definition) is 2. The maximum Gasteiger partial charge on any atom is 0.394 e. The van der Waals surface area contributed by atoms with Gasteiger partial charge in [0.1, 0.15) is 29.3 Å². The molecule has 1 aliphatic carbocycles. The molecule has 2 N–H and O–H groups in total. The highest BCUT2D eigenvalue weighted by atomic mass is 19.4. The number of ketones is 1. The van der Waals surface area contributed by atoms with Crippen molar-refractivity contribution in [2.24, 2.45) is 28.6 Å². The first kappa shape index (κ1) is 59.7. The van der Waals surface area contributed by atoms with Gasteiger partial charge < -0.3 is 24.2 Å². The minimum atomic E-state index is -4.98. The fourth-order valence-corrected chi connectivity index (χ4v) is 10.7. The van der Waals surface area contributed by atoms with Gasteiger partial charge in [0.2, 0.25) is 5.91 Å². The molecule has 80 heavy (non-hydrogen) atoms. The van der Waals surface area contributed by atoms with E-state index in [9.17, 15) is 46.2 Å². The van der Waals surface area contributed by atoms with Gasteiger partial charge in [-0.25, -0.2) is 23.5 Å². The van der Waals surface area contributed by atoms with E-state index in [4.69, 9.17) is 19.2 Å². The average molecular weight is 1120 g/mol. The molecule has 1 amide bonds. The van der Waals surface area contributed by atoms with Crippen LogP contribution in [0.1, 0.15) is 108 Å². The molecule has 22 heteroatoms. The molecule has 0 radical (unpaired) electrons. The van der Waals surface area contributed by atoms with Crippen LogP contribution in [0.4, 0.5) is 36.6 Å². The highest BCUT2D eigenvalue weighted by molar-refractivity contribution is 5.86. The number of aliphatic hydroxyl groups is 1. The average Bonchev–Trinajstić information content (AvgIpc) is 4.00. The third kappa shape index (κ3) is 14.5. The number of piperazine rings is 1. The molecule has 5 heterocycles. The van der Waals surface area contributed by atoms with Gasteiger partial charge in [-0.05, 0) is 91.5 Å². The number of anilines is 1. The lowest BCUT2D eigenvalue weighted by atomic mass is 9.71. The molecule has 2 bridgehead atoms. The summed E-state index contributed by atoms with van der Waals surface area (Å²) in [6.07, 6.45) is -3.02. The molecule has 8 rings (SSSR count). The van der Waals surface area contributed by atoms with Gasteiger partial charge in [-0.3, -0.25) is 29.5 Å². The topological polar surface area (TPSA) is 169 Å². The molecule has 2 unspecified atom stereocenters. The molecule has 4 fully saturated rings. The van der Waals surface area contributed by atoms with Crippen LogP contribution in [0.2, 0.25) is 0 Å². The number of ether oxygens (including phenoxy) is 3. The van der Waals surface area contributed by atoms with Crippen molar-refractivity contribution in [3.63, 3.8) is 0 Å². The summed E-state index contributed by atoms with van der Waals surface area (Å²) in [5.74, 6) is -3.24. The number of nitrogens with zero attached hydrogens (tertiary/aromatic N) is 6. The second kappa shape index (κ2) is 24.8. The molecule has 0 spiro atoms. The highest BCUT2D eigenvalue weighted by Gasteiger charge is 2.55. The zero-order valence-corrected chi connectivity index (χ0v) is 45.6. The maximum absolute atomic E-state index is 16.2. The lowest BCUT2D eigenvalue weighted by Gasteiger charge is -2.47. The molecule has 432 valence electrons. The van der Waals surface area contributed by atoms with Crippen LogP contribution in [-0.4, -0.2) is 130 Å². The van der Waals surface area contributed by atoms with Gasteiger partial charge in [0.15, 0.2) is 0 Å². The summed E-state index contributed by atoms with van der Waals surface area (Å²) in [7, 11) is 0.972. The lowest BCUT2D eigenvalue weighted by molar-refractivity contribution is -0.229. The van der Waals surface area contributed by atoms with E-state index in [0.717, 1.165) is 95.3 Å². The number of carbonyl (C=O) groups is 4. The van der Waals surface area contributed by atoms with E-state index >= 15 is 8.78 Å². The molecule has 2 aromatic heterocycles. The standard InChI is InChI=1S/C58H68F7N7O8/c1-56(2,3)45(26-53(76)80-42-16-17-42)54(77)68-70(30-43-46(59)22-37(23-47(43)60)48-19-20-71(67-48)55(61)62)31-50(74)38(24-49(73)44(25-52(75)78-6)57(4,5)58(63,64)65)21-35-10-7-34(8-11-35)9-12-36-13-18-51(66-27-36)69-28-39-14-15-40(29-69)72(39)41-32-79-33-41/h7-8,10-11,13,18-20,22-23,27,38-42,44-45,50,55,74H,14-17,21,24-26,28-33H2,1-6H3,(H,68,77)/t38-,39?,40?,44-,45-,50+/m1/s1. The SMILES string of the molecule is COC(=O)C[C@H](C(=O)C[C@@H](Cc1ccc(C#Cc2ccc(N3CC4CCC(C3)N4C3COC3)nc2)cc1)[C@@H](O)CN(Cc1c(F)cc(-c2ccn(C(F)F)n2)cc1F)NC(=O)[C@@H](CC(=O)OC1CC1)C(C)(C)C)C(C)(C)C(F)(F)F. The van der Waals surface area contributed by atoms with Crippen molar-refractivity contribution in [2.75, 3.05) is 44.9 Å². The molecule has 6 atom stereocenters. The van der Waals surface area contributed by atoms with Crippen molar-refractivity contribution >= 4 is 29.4 Å². The number of Topliss-reactive ketones (excluding diaryl/α,β-unsaturated/α-hetero) is 1. The monoisotopic (exact) mass is 1120 g/mol. The minimum Gasteiger partial charge on any atom is -0.469 e. The first-order chi connectivity index (χ1) is 37.8. The van der Waals surface area contributed by atoms with Crippen LogP contribution in [0, 0.1) is 52.1 Å². The fraction of sp³-hybridized carbons (Fsp3) is 0.552. The summed E-state index contributed by atoms with van der Waals surface area (Å²) < 4.78 is 119. The van der Waals surface area contributed by atoms with Gasteiger partial charge in [0.25, 0.3) is 0 Å². The van der Waals surface area contributed by atoms with E-state index in [0.29, 0.717) is 52.3 Å². The third-order valence-corrected chi connectivity index (χ3v) is 15.9. The number of hydrogen-bond acceptors (Lipinski definition) is 13. The Morgan fingerprint density at radius 2 is 1.46 bits per heavy atom. The predicted molar refractivity (Wildman–Crippen MR) is 279 cm³/mol. The molecule has 4 aromatic rings. The summed E-state index contributed by atoms with van der Waals surface area (Å²) in [5.41, 5.74) is -0.359. The Morgan fingerprint density at radius 1 is 0.838 bits per heavy atom. The number of amides is 1. The molecule has 3 aliphatic heterocycles. The number of aliphatic hydroxyl groups excluding tert-OH is 1. The Kier molecular flexibility index (Phi) is 18.5. The normalized spacial score (nSPS) is 19.4. The zero-order chi connectivity index (χ0) is 57.8. The van der Waals surface area contributed by atoms with Crippen molar-refractivity contribution < 1.29 is 69.2 Å². The van der Waals surface area contributed by atoms with Gasteiger partial charge in [0, 0.05) is 85.2 Å². The number of aromatic nitrogens is 3. The number of halogens is 7. The van der Waals surface area contributed by atoms with E-state index in [1.807, 2.05) is 12.1 Å². The van der Waals surface area contributed by atoms with Crippen LogP contribution in [0.5, 0.6) is 0 Å². The first-order valence-corrected chi connectivity index (χ1v) is 26.9. The fourth-order valence-electron chi connectivity index (χ4n) is 10.7. The summed E-state index contributed by atoms with van der Waals surface area (Å²) in [4.78, 5) is 64.0. The zero-order valence-electron chi connectivity index (χ0n) is 45.6. The number of nitrogens with one attached hydrogen (secondary N) is 1. The van der Waals surface area contributed by atoms with Gasteiger partial charge in [0.05, 0.1) is 62.3 Å². The van der Waals surface area contributed by atoms with Crippen LogP contribution in [0.3, 0.4) is 0 Å². The molecule has 1 saturated carbocycles. The Hall–Kier alpha value is -6.41. The number of rotatable bonds is 22. The number of fused-ring (bicyclic) bond motifs is 2. The van der Waals surface area contributed by atoms with E-state index in [-0.39, 0.29) is 23.8 Å². The van der Waals surface area contributed by atoms with Gasteiger partial charge in [-0.2, -0.15) is 27.1 Å². The Labute approximate surface area is 460 Å².